The summed E-state index contributed by atoms with van der Waals surface area (Å²) >= 11 is 0. The fourth-order valence-electron chi connectivity index (χ4n) is 1.54. The highest BCUT2D eigenvalue weighted by atomic mass is 16.1. The third-order valence-corrected chi connectivity index (χ3v) is 2.13. The third-order valence-electron chi connectivity index (χ3n) is 2.13. The summed E-state index contributed by atoms with van der Waals surface area (Å²) in [7, 11) is 0. The van der Waals surface area contributed by atoms with Gasteiger partial charge in [0.2, 0.25) is 0 Å². The topological polar surface area (TPSA) is 93.9 Å². The van der Waals surface area contributed by atoms with Crippen molar-refractivity contribution >= 4 is 5.91 Å². The summed E-state index contributed by atoms with van der Waals surface area (Å²) in [6.07, 6.45) is 1.50. The Morgan fingerprint density at radius 2 is 2.29 bits per heavy atom. The Labute approximate surface area is 82.0 Å². The summed E-state index contributed by atoms with van der Waals surface area (Å²) in [4.78, 5) is 12.6. The Hall–Kier alpha value is -2.01. The molecule has 2 N–H and O–H groups in total. The molecular weight excluding hydrogens is 180 g/mol. The van der Waals surface area contributed by atoms with E-state index in [1.165, 1.54) is 0 Å². The van der Waals surface area contributed by atoms with Crippen molar-refractivity contribution in [3.05, 3.63) is 11.3 Å². The predicted molar refractivity (Wildman–Crippen MR) is 48.3 cm³/mol. The number of amides is 1. The average molecular weight is 190 g/mol. The summed E-state index contributed by atoms with van der Waals surface area (Å²) in [5.41, 5.74) is 5.65. The van der Waals surface area contributed by atoms with Crippen LogP contribution >= 0.6 is 0 Å². The van der Waals surface area contributed by atoms with Crippen LogP contribution in [0.4, 0.5) is 0 Å². The molecule has 1 aliphatic heterocycles. The van der Waals surface area contributed by atoms with Crippen molar-refractivity contribution in [1.29, 1.82) is 10.5 Å². The molecule has 72 valence electrons. The van der Waals surface area contributed by atoms with E-state index in [-0.39, 0.29) is 12.1 Å². The molecule has 1 heterocycles. The molecule has 0 unspecified atom stereocenters. The van der Waals surface area contributed by atoms with Gasteiger partial charge in [0.15, 0.2) is 0 Å². The number of nitrogens with two attached hydrogens (primary N) is 1. The molecule has 0 aromatic heterocycles. The molecule has 0 radical (unpaired) electrons. The third kappa shape index (κ3) is 1.83. The van der Waals surface area contributed by atoms with Gasteiger partial charge < -0.3 is 10.6 Å². The van der Waals surface area contributed by atoms with Gasteiger partial charge in [-0.25, -0.2) is 0 Å². The van der Waals surface area contributed by atoms with Crippen LogP contribution in [-0.4, -0.2) is 23.9 Å². The Balaban J connectivity index is 3.00. The van der Waals surface area contributed by atoms with Crippen LogP contribution in [-0.2, 0) is 4.79 Å². The van der Waals surface area contributed by atoms with Crippen LogP contribution in [0.3, 0.4) is 0 Å². The molecule has 0 saturated carbocycles. The molecule has 14 heavy (non-hydrogen) atoms. The number of likely N-dealkylation sites (tertiary alicyclic amines) is 1. The van der Waals surface area contributed by atoms with Gasteiger partial charge in [-0.05, 0) is 12.8 Å². The van der Waals surface area contributed by atoms with Crippen LogP contribution in [0.15, 0.2) is 11.3 Å². The van der Waals surface area contributed by atoms with Gasteiger partial charge in [0.1, 0.15) is 18.2 Å². The van der Waals surface area contributed by atoms with Crippen LogP contribution in [0.1, 0.15) is 12.8 Å². The average Bonchev–Trinajstić information content (AvgIpc) is 2.55. The van der Waals surface area contributed by atoms with Crippen molar-refractivity contribution in [2.75, 3.05) is 13.1 Å². The number of rotatable bonds is 2. The molecule has 1 fully saturated rings. The van der Waals surface area contributed by atoms with E-state index in [9.17, 15) is 4.79 Å². The molecule has 0 bridgehead atoms. The van der Waals surface area contributed by atoms with E-state index in [0.29, 0.717) is 18.7 Å². The van der Waals surface area contributed by atoms with E-state index in [1.54, 1.807) is 11.0 Å². The molecule has 0 aliphatic carbocycles. The first-order valence-corrected chi connectivity index (χ1v) is 4.25. The number of carbonyl (C=O) groups is 1. The second-order valence-electron chi connectivity index (χ2n) is 2.98. The SMILES string of the molecule is N#CCN1CCC/C1=C(/C#N)C(N)=O. The number of primary amides is 1. The molecule has 0 aromatic rings. The molecule has 0 atom stereocenters. The zero-order valence-corrected chi connectivity index (χ0v) is 7.66. The van der Waals surface area contributed by atoms with Gasteiger partial charge in [0.05, 0.1) is 6.07 Å². The number of hydrogen-bond acceptors (Lipinski definition) is 4. The first kappa shape index (κ1) is 10.1. The zero-order chi connectivity index (χ0) is 10.6. The van der Waals surface area contributed by atoms with Crippen molar-refractivity contribution in [3.63, 3.8) is 0 Å². The van der Waals surface area contributed by atoms with Crippen molar-refractivity contribution in [1.82, 2.24) is 4.90 Å². The summed E-state index contributed by atoms with van der Waals surface area (Å²) in [5, 5.41) is 17.2. The van der Waals surface area contributed by atoms with Crippen LogP contribution < -0.4 is 5.73 Å². The van der Waals surface area contributed by atoms with Gasteiger partial charge in [-0.1, -0.05) is 0 Å². The number of allylic oxidation sites excluding steroid dienone is 1. The minimum atomic E-state index is -0.715. The van der Waals surface area contributed by atoms with E-state index in [2.05, 4.69) is 0 Å². The highest BCUT2D eigenvalue weighted by Gasteiger charge is 2.22. The smallest absolute Gasteiger partial charge is 0.261 e. The molecule has 5 nitrogen and oxygen atoms in total. The van der Waals surface area contributed by atoms with E-state index < -0.39 is 5.91 Å². The molecule has 1 aliphatic rings. The van der Waals surface area contributed by atoms with Crippen molar-refractivity contribution in [3.8, 4) is 12.1 Å². The number of hydrogen-bond donors (Lipinski definition) is 1. The summed E-state index contributed by atoms with van der Waals surface area (Å²) in [6, 6.07) is 3.77. The van der Waals surface area contributed by atoms with Gasteiger partial charge in [-0.15, -0.1) is 0 Å². The lowest BCUT2D eigenvalue weighted by Crippen LogP contribution is -2.23. The number of nitrogens with zero attached hydrogens (tertiary/aromatic N) is 3. The maximum Gasteiger partial charge on any atom is 0.261 e. The second-order valence-corrected chi connectivity index (χ2v) is 2.98. The maximum atomic E-state index is 10.9. The maximum absolute atomic E-state index is 10.9. The van der Waals surface area contributed by atoms with Crippen LogP contribution in [0.2, 0.25) is 0 Å². The van der Waals surface area contributed by atoms with Gasteiger partial charge in [-0.2, -0.15) is 10.5 Å². The van der Waals surface area contributed by atoms with Crippen molar-refractivity contribution < 1.29 is 4.79 Å². The lowest BCUT2D eigenvalue weighted by atomic mass is 10.1. The fourth-order valence-corrected chi connectivity index (χ4v) is 1.54. The standard InChI is InChI=1S/C9H10N4O/c10-3-5-13-4-1-2-8(13)7(6-11)9(12)14/h1-2,4-5H2,(H2,12,14)/b8-7+. The van der Waals surface area contributed by atoms with Gasteiger partial charge in [0.25, 0.3) is 5.91 Å². The first-order chi connectivity index (χ1) is 6.70. The summed E-state index contributed by atoms with van der Waals surface area (Å²) in [6.45, 7) is 0.912. The zero-order valence-electron chi connectivity index (χ0n) is 7.66. The largest absolute Gasteiger partial charge is 0.365 e. The van der Waals surface area contributed by atoms with Crippen molar-refractivity contribution in [2.45, 2.75) is 12.8 Å². The molecule has 0 spiro atoms. The molecule has 0 aromatic carbocycles. The summed E-state index contributed by atoms with van der Waals surface area (Å²) < 4.78 is 0. The molecule has 5 heteroatoms. The highest BCUT2D eigenvalue weighted by Crippen LogP contribution is 2.23. The molecular formula is C9H10N4O. The molecule has 1 amide bonds. The molecule has 1 saturated heterocycles. The van der Waals surface area contributed by atoms with Crippen LogP contribution in [0.25, 0.3) is 0 Å². The highest BCUT2D eigenvalue weighted by molar-refractivity contribution is 5.96. The Morgan fingerprint density at radius 3 is 2.79 bits per heavy atom. The van der Waals surface area contributed by atoms with E-state index >= 15 is 0 Å². The Kier molecular flexibility index (Phi) is 3.09. The Bertz CT molecular complexity index is 358. The minimum Gasteiger partial charge on any atom is -0.365 e. The minimum absolute atomic E-state index is 0.0160. The lowest BCUT2D eigenvalue weighted by Gasteiger charge is -2.16. The van der Waals surface area contributed by atoms with E-state index in [0.717, 1.165) is 6.42 Å². The van der Waals surface area contributed by atoms with Gasteiger partial charge in [-0.3, -0.25) is 4.79 Å². The fraction of sp³-hybridized carbons (Fsp3) is 0.444. The Morgan fingerprint density at radius 1 is 1.57 bits per heavy atom. The second kappa shape index (κ2) is 4.29. The first-order valence-electron chi connectivity index (χ1n) is 4.25. The van der Waals surface area contributed by atoms with Gasteiger partial charge >= 0.3 is 0 Å². The van der Waals surface area contributed by atoms with E-state index in [1.807, 2.05) is 6.07 Å². The lowest BCUT2D eigenvalue weighted by molar-refractivity contribution is -0.114. The normalized spacial score (nSPS) is 18.6. The van der Waals surface area contributed by atoms with Gasteiger partial charge in [0, 0.05) is 12.2 Å². The number of nitriles is 2. The van der Waals surface area contributed by atoms with Crippen molar-refractivity contribution in [2.24, 2.45) is 5.73 Å². The molecule has 1 rings (SSSR count). The summed E-state index contributed by atoms with van der Waals surface area (Å²) in [5.74, 6) is -0.715. The quantitative estimate of drug-likeness (QED) is 0.373. The predicted octanol–water partition coefficient (Wildman–Crippen LogP) is -0.131. The van der Waals surface area contributed by atoms with Crippen LogP contribution in [0, 0.1) is 22.7 Å². The van der Waals surface area contributed by atoms with Crippen LogP contribution in [0.5, 0.6) is 0 Å². The van der Waals surface area contributed by atoms with E-state index in [4.69, 9.17) is 16.3 Å². The monoisotopic (exact) mass is 190 g/mol. The number of carbonyl (C=O) groups excluding carboxylic acids is 1.